The van der Waals surface area contributed by atoms with E-state index in [0.29, 0.717) is 43.9 Å². The molecule has 0 atom stereocenters. The van der Waals surface area contributed by atoms with Gasteiger partial charge in [0.25, 0.3) is 21.6 Å². The number of H-pyrrole nitrogens is 1. The second-order valence-corrected chi connectivity index (χ2v) is 20.2. The van der Waals surface area contributed by atoms with E-state index in [2.05, 4.69) is 55.8 Å². The average Bonchev–Trinajstić information content (AvgIpc) is 3.77. The number of aromatic nitrogens is 2. The number of aromatic amines is 1. The highest BCUT2D eigenvalue weighted by molar-refractivity contribution is 7.90. The quantitative estimate of drug-likeness (QED) is 0.0545. The second-order valence-electron chi connectivity index (χ2n) is 18.1. The van der Waals surface area contributed by atoms with Crippen molar-refractivity contribution < 1.29 is 32.4 Å². The molecule has 2 aliphatic carbocycles. The van der Waals surface area contributed by atoms with Gasteiger partial charge in [0.1, 0.15) is 22.8 Å². The Morgan fingerprint density at radius 2 is 1.74 bits per heavy atom. The number of rotatable bonds is 14. The normalized spacial score (nSPS) is 19.2. The standard InChI is InChI=1S/C48H54ClN7O8S/c1-48(2)18-16-35(41(27-48)32-8-10-36(49)11-9-32)30-54-20-22-55(23-21-54)37-12-14-40(44(25-37)64-38-24-34-17-19-50-45(34)52-29-38)46(57)53-65(61,62)39-13-15-42(43(26-39)56(59)60)51-28-31-4-6-33(7-5-31)47(58)63-3/h8-15,17,19,24-26,29,31,33,51H,4-7,16,18,20-23,27-28,30H2,1-3H3,(H,50,52)(H,53,57). The van der Waals surface area contributed by atoms with Crippen molar-refractivity contribution in [3.05, 3.63) is 117 Å². The number of halogens is 1. The first-order valence-electron chi connectivity index (χ1n) is 22.0. The number of nitrogens with one attached hydrogen (secondary N) is 3. The molecule has 0 spiro atoms. The summed E-state index contributed by atoms with van der Waals surface area (Å²) in [5.74, 6) is -0.740. The molecule has 1 saturated carbocycles. The van der Waals surface area contributed by atoms with E-state index in [4.69, 9.17) is 21.1 Å². The highest BCUT2D eigenvalue weighted by Gasteiger charge is 2.31. The summed E-state index contributed by atoms with van der Waals surface area (Å²) in [6.07, 6.45) is 9.25. The van der Waals surface area contributed by atoms with E-state index in [9.17, 15) is 28.1 Å². The number of fused-ring (bicyclic) bond motifs is 1. The zero-order chi connectivity index (χ0) is 45.9. The van der Waals surface area contributed by atoms with Crippen LogP contribution in [-0.2, 0) is 19.6 Å². The fraction of sp³-hybridized carbons (Fsp3) is 0.396. The summed E-state index contributed by atoms with van der Waals surface area (Å²) in [5.41, 5.74) is 5.39. The topological polar surface area (TPSA) is 189 Å². The number of carbonyl (C=O) groups excluding carboxylic acids is 2. The van der Waals surface area contributed by atoms with Gasteiger partial charge in [-0.1, -0.05) is 43.2 Å². The number of hydrogen-bond acceptors (Lipinski definition) is 12. The van der Waals surface area contributed by atoms with Crippen molar-refractivity contribution in [2.24, 2.45) is 17.3 Å². The molecule has 2 fully saturated rings. The van der Waals surface area contributed by atoms with Crippen LogP contribution in [0.3, 0.4) is 0 Å². The fourth-order valence-corrected chi connectivity index (χ4v) is 10.3. The van der Waals surface area contributed by atoms with Crippen molar-refractivity contribution in [3.63, 3.8) is 0 Å². The number of piperazine rings is 1. The van der Waals surface area contributed by atoms with E-state index in [1.807, 2.05) is 18.2 Å². The molecule has 8 rings (SSSR count). The van der Waals surface area contributed by atoms with Crippen LogP contribution in [0.5, 0.6) is 11.5 Å². The number of methoxy groups -OCH3 is 1. The smallest absolute Gasteiger partial charge is 0.308 e. The molecular weight excluding hydrogens is 870 g/mol. The number of nitro benzene ring substituents is 1. The van der Waals surface area contributed by atoms with E-state index in [-0.39, 0.29) is 40.2 Å². The molecule has 0 radical (unpaired) electrons. The number of ether oxygens (including phenoxy) is 2. The number of carbonyl (C=O) groups is 2. The molecule has 342 valence electrons. The first-order chi connectivity index (χ1) is 31.1. The van der Waals surface area contributed by atoms with Gasteiger partial charge in [0.15, 0.2) is 0 Å². The van der Waals surface area contributed by atoms with Gasteiger partial charge in [-0.2, -0.15) is 0 Å². The molecule has 15 nitrogen and oxygen atoms in total. The summed E-state index contributed by atoms with van der Waals surface area (Å²) in [7, 11) is -3.22. The van der Waals surface area contributed by atoms with E-state index < -0.39 is 31.4 Å². The minimum absolute atomic E-state index is 0.0540. The van der Waals surface area contributed by atoms with Gasteiger partial charge in [-0.05, 0) is 116 Å². The van der Waals surface area contributed by atoms with E-state index in [1.165, 1.54) is 48.2 Å². The summed E-state index contributed by atoms with van der Waals surface area (Å²) >= 11 is 6.24. The van der Waals surface area contributed by atoms with Crippen LogP contribution in [0.25, 0.3) is 16.6 Å². The number of benzene rings is 3. The van der Waals surface area contributed by atoms with Gasteiger partial charge in [-0.15, -0.1) is 0 Å². The third kappa shape index (κ3) is 10.8. The lowest BCUT2D eigenvalue weighted by molar-refractivity contribution is -0.384. The van der Waals surface area contributed by atoms with Crippen LogP contribution in [-0.4, -0.2) is 86.5 Å². The number of pyridine rings is 1. The van der Waals surface area contributed by atoms with Crippen LogP contribution in [0, 0.1) is 27.4 Å². The van der Waals surface area contributed by atoms with E-state index in [1.54, 1.807) is 24.4 Å². The Morgan fingerprint density at radius 3 is 2.46 bits per heavy atom. The monoisotopic (exact) mass is 923 g/mol. The summed E-state index contributed by atoms with van der Waals surface area (Å²) in [5, 5.41) is 16.8. The lowest BCUT2D eigenvalue weighted by atomic mass is 9.72. The number of nitrogens with zero attached hydrogens (tertiary/aromatic N) is 4. The van der Waals surface area contributed by atoms with Gasteiger partial charge in [-0.3, -0.25) is 24.6 Å². The third-order valence-electron chi connectivity index (χ3n) is 13.0. The van der Waals surface area contributed by atoms with Gasteiger partial charge < -0.3 is 24.7 Å². The highest BCUT2D eigenvalue weighted by atomic mass is 35.5. The number of hydrogen-bond donors (Lipinski definition) is 3. The maximum absolute atomic E-state index is 14.0. The maximum Gasteiger partial charge on any atom is 0.308 e. The number of anilines is 2. The first kappa shape index (κ1) is 45.6. The maximum atomic E-state index is 14.0. The Morgan fingerprint density at radius 1 is 0.985 bits per heavy atom. The largest absolute Gasteiger partial charge is 0.469 e. The molecule has 1 amide bonds. The molecule has 3 aromatic carbocycles. The van der Waals surface area contributed by atoms with E-state index in [0.717, 1.165) is 73.9 Å². The third-order valence-corrected chi connectivity index (χ3v) is 14.6. The molecule has 5 aromatic rings. The zero-order valence-corrected chi connectivity index (χ0v) is 38.3. The summed E-state index contributed by atoms with van der Waals surface area (Å²) in [4.78, 5) is 49.2. The van der Waals surface area contributed by atoms with Crippen LogP contribution < -0.4 is 19.7 Å². The van der Waals surface area contributed by atoms with Gasteiger partial charge in [0, 0.05) is 73.7 Å². The summed E-state index contributed by atoms with van der Waals surface area (Å²) < 4.78 is 40.8. The minimum atomic E-state index is -4.60. The number of amides is 1. The first-order valence-corrected chi connectivity index (χ1v) is 23.9. The zero-order valence-electron chi connectivity index (χ0n) is 36.8. The van der Waals surface area contributed by atoms with Gasteiger partial charge in [0.05, 0.1) is 34.6 Å². The molecule has 65 heavy (non-hydrogen) atoms. The van der Waals surface area contributed by atoms with Gasteiger partial charge in [0.2, 0.25) is 0 Å². The van der Waals surface area contributed by atoms with Crippen molar-refractivity contribution in [1.29, 1.82) is 0 Å². The fourth-order valence-electron chi connectivity index (χ4n) is 9.22. The predicted molar refractivity (Wildman–Crippen MR) is 251 cm³/mol. The number of allylic oxidation sites excluding steroid dienone is 1. The number of nitro groups is 1. The molecular formula is C48H54ClN7O8S. The Bertz CT molecular complexity index is 2720. The molecule has 0 bridgehead atoms. The number of sulfonamides is 1. The van der Waals surface area contributed by atoms with Crippen LogP contribution >= 0.6 is 11.6 Å². The number of esters is 1. The lowest BCUT2D eigenvalue weighted by Crippen LogP contribution is -2.47. The Kier molecular flexibility index (Phi) is 13.5. The summed E-state index contributed by atoms with van der Waals surface area (Å²) in [6, 6.07) is 20.3. The minimum Gasteiger partial charge on any atom is -0.469 e. The van der Waals surface area contributed by atoms with Gasteiger partial charge >= 0.3 is 5.97 Å². The Labute approximate surface area is 383 Å². The average molecular weight is 925 g/mol. The predicted octanol–water partition coefficient (Wildman–Crippen LogP) is 9.21. The SMILES string of the molecule is COC(=O)C1CCC(CNc2ccc(S(=O)(=O)NC(=O)c3ccc(N4CCN(CC5=C(c6ccc(Cl)cc6)CC(C)(C)CC5)CC4)cc3Oc3cnc4[nH]ccc4c3)cc2[N+](=O)[O-])CC1. The van der Waals surface area contributed by atoms with Gasteiger partial charge in [-0.25, -0.2) is 18.1 Å². The molecule has 3 aliphatic rings. The highest BCUT2D eigenvalue weighted by Crippen LogP contribution is 2.44. The molecule has 1 saturated heterocycles. The summed E-state index contributed by atoms with van der Waals surface area (Å²) in [6.45, 7) is 8.98. The van der Waals surface area contributed by atoms with Crippen molar-refractivity contribution in [3.8, 4) is 11.5 Å². The Hall–Kier alpha value is -5.97. The van der Waals surface area contributed by atoms with Crippen molar-refractivity contribution in [2.75, 3.05) is 56.6 Å². The molecule has 1 aliphatic heterocycles. The van der Waals surface area contributed by atoms with Crippen molar-refractivity contribution in [1.82, 2.24) is 19.6 Å². The molecule has 0 unspecified atom stereocenters. The second kappa shape index (κ2) is 19.2. The van der Waals surface area contributed by atoms with Crippen LogP contribution in [0.2, 0.25) is 5.02 Å². The van der Waals surface area contributed by atoms with Crippen molar-refractivity contribution in [2.45, 2.75) is 63.7 Å². The Balaban J connectivity index is 0.980. The molecule has 3 heterocycles. The van der Waals surface area contributed by atoms with Crippen LogP contribution in [0.15, 0.2) is 95.7 Å². The van der Waals surface area contributed by atoms with Crippen LogP contribution in [0.4, 0.5) is 17.1 Å². The molecule has 17 heteroatoms. The molecule has 3 N–H and O–H groups in total. The van der Waals surface area contributed by atoms with Crippen molar-refractivity contribution >= 4 is 67.2 Å². The molecule has 2 aromatic heterocycles. The lowest BCUT2D eigenvalue weighted by Gasteiger charge is -2.39. The van der Waals surface area contributed by atoms with Crippen LogP contribution in [0.1, 0.15) is 74.7 Å². The van der Waals surface area contributed by atoms with E-state index >= 15 is 0 Å².